The minimum Gasteiger partial charge on any atom is -0.439 e. The molecule has 132 valence electrons. The summed E-state index contributed by atoms with van der Waals surface area (Å²) >= 11 is 9.06. The second-order valence-corrected chi connectivity index (χ2v) is 7.07. The SMILES string of the molecule is CC(=N/N=C(\[NH-])[SH2+])c1cccs1.CC(=N/N=C(\[NH-])[SH2+])c1cccs1.[Sn]. The summed E-state index contributed by atoms with van der Waals surface area (Å²) in [6.45, 7) is 3.73. The van der Waals surface area contributed by atoms with Gasteiger partial charge in [-0.25, -0.2) is 0 Å². The maximum Gasteiger partial charge on any atom is 0.144 e. The van der Waals surface area contributed by atoms with Crippen LogP contribution in [0.4, 0.5) is 0 Å². The third-order valence-electron chi connectivity index (χ3n) is 2.36. The molecule has 0 fully saturated rings. The average Bonchev–Trinajstić information content (AvgIpc) is 3.23. The molecule has 0 atom stereocenters. The number of rotatable bonds is 4. The standard InChI is InChI=1S/2C7H8N3S2.Sn/c2*1-5(9-10-7(8)11)6-3-2-4-12-6;/h2*2-4H,1H3,(H2-,8,10,11);/q2*-1;/p+2. The molecule has 2 heterocycles. The van der Waals surface area contributed by atoms with Gasteiger partial charge in [0.25, 0.3) is 0 Å². The fraction of sp³-hybridized carbons (Fsp3) is 0.143. The van der Waals surface area contributed by atoms with Gasteiger partial charge in [-0.05, 0) is 62.0 Å². The molecule has 0 aliphatic carbocycles. The predicted octanol–water partition coefficient (Wildman–Crippen LogP) is 3.40. The molecule has 2 aromatic heterocycles. The fourth-order valence-corrected chi connectivity index (χ4v) is 2.76. The molecule has 2 N–H and O–H groups in total. The number of hydrogen-bond donors (Lipinski definition) is 0. The molecular formula is C14H18N6S4Sn. The van der Waals surface area contributed by atoms with Gasteiger partial charge in [0.2, 0.25) is 0 Å². The molecule has 2 aromatic rings. The normalized spacial score (nSPS) is 13.0. The van der Waals surface area contributed by atoms with Crippen molar-refractivity contribution >= 4 is 93.6 Å². The van der Waals surface area contributed by atoms with E-state index in [1.807, 2.05) is 48.9 Å². The van der Waals surface area contributed by atoms with E-state index in [1.54, 1.807) is 22.7 Å². The molecule has 0 saturated carbocycles. The first-order valence-corrected chi connectivity index (χ1v) is 9.34. The van der Waals surface area contributed by atoms with Gasteiger partial charge in [0.15, 0.2) is 0 Å². The van der Waals surface area contributed by atoms with Crippen LogP contribution in [-0.4, -0.2) is 45.7 Å². The van der Waals surface area contributed by atoms with Gasteiger partial charge >= 0.3 is 0 Å². The number of nitrogens with zero attached hydrogens (tertiary/aromatic N) is 4. The first kappa shape index (κ1) is 24.2. The number of thiophene rings is 2. The minimum atomic E-state index is 0. The van der Waals surface area contributed by atoms with Crippen molar-refractivity contribution in [3.8, 4) is 0 Å². The molecule has 0 aliphatic heterocycles. The molecule has 0 amide bonds. The largest absolute Gasteiger partial charge is 0.439 e. The van der Waals surface area contributed by atoms with E-state index in [9.17, 15) is 0 Å². The summed E-state index contributed by atoms with van der Waals surface area (Å²) in [7, 11) is 0. The zero-order valence-corrected chi connectivity index (χ0v) is 20.1. The molecule has 0 unspecified atom stereocenters. The van der Waals surface area contributed by atoms with E-state index in [2.05, 4.69) is 45.7 Å². The molecule has 25 heavy (non-hydrogen) atoms. The smallest absolute Gasteiger partial charge is 0.144 e. The fourth-order valence-electron chi connectivity index (χ4n) is 1.32. The van der Waals surface area contributed by atoms with Crippen LogP contribution in [0.15, 0.2) is 55.4 Å². The first-order chi connectivity index (χ1) is 11.4. The molecule has 11 heteroatoms. The van der Waals surface area contributed by atoms with E-state index in [0.717, 1.165) is 21.2 Å². The summed E-state index contributed by atoms with van der Waals surface area (Å²) in [6, 6.07) is 7.85. The van der Waals surface area contributed by atoms with Gasteiger partial charge in [-0.2, -0.15) is 0 Å². The second kappa shape index (κ2) is 13.4. The van der Waals surface area contributed by atoms with E-state index < -0.39 is 0 Å². The molecule has 4 radical (unpaired) electrons. The Morgan fingerprint density at radius 1 is 0.800 bits per heavy atom. The third-order valence-corrected chi connectivity index (χ3v) is 4.51. The topological polar surface area (TPSA) is 97.0 Å². The van der Waals surface area contributed by atoms with Gasteiger partial charge in [0.1, 0.15) is 10.3 Å². The molecule has 0 aromatic carbocycles. The van der Waals surface area contributed by atoms with Crippen LogP contribution in [0.5, 0.6) is 0 Å². The van der Waals surface area contributed by atoms with E-state index in [1.165, 1.54) is 0 Å². The van der Waals surface area contributed by atoms with Crippen LogP contribution >= 0.6 is 22.7 Å². The average molecular weight is 517 g/mol. The Morgan fingerprint density at radius 3 is 1.40 bits per heavy atom. The molecule has 0 aliphatic rings. The van der Waals surface area contributed by atoms with Crippen molar-refractivity contribution in [1.82, 2.24) is 0 Å². The number of hydrogen-bond acceptors (Lipinski definition) is 6. The Bertz CT molecular complexity index is 663. The van der Waals surface area contributed by atoms with Crippen molar-refractivity contribution < 1.29 is 0 Å². The molecule has 2 rings (SSSR count). The van der Waals surface area contributed by atoms with Crippen LogP contribution in [0, 0.1) is 0 Å². The Labute approximate surface area is 183 Å². The first-order valence-electron chi connectivity index (χ1n) is 6.58. The Balaban J connectivity index is 0.000000443. The maximum absolute atomic E-state index is 6.96. The van der Waals surface area contributed by atoms with Crippen LogP contribution in [0.25, 0.3) is 11.5 Å². The van der Waals surface area contributed by atoms with Crippen molar-refractivity contribution in [3.05, 3.63) is 56.2 Å². The summed E-state index contributed by atoms with van der Waals surface area (Å²) in [5.74, 6) is 0. The van der Waals surface area contributed by atoms with E-state index in [0.29, 0.717) is 0 Å². The predicted molar refractivity (Wildman–Crippen MR) is 123 cm³/mol. The van der Waals surface area contributed by atoms with Crippen molar-refractivity contribution in [2.75, 3.05) is 0 Å². The van der Waals surface area contributed by atoms with Crippen molar-refractivity contribution in [2.24, 2.45) is 20.4 Å². The number of nitrogens with one attached hydrogen (secondary N) is 2. The number of amidine groups is 2. The van der Waals surface area contributed by atoms with E-state index >= 15 is 0 Å². The summed E-state index contributed by atoms with van der Waals surface area (Å²) < 4.78 is 0. The zero-order valence-electron chi connectivity index (χ0n) is 13.6. The Kier molecular flexibility index (Phi) is 13.0. The molecule has 0 saturated heterocycles. The van der Waals surface area contributed by atoms with E-state index in [-0.39, 0.29) is 34.2 Å². The summed E-state index contributed by atoms with van der Waals surface area (Å²) in [5, 5.41) is 18.9. The quantitative estimate of drug-likeness (QED) is 0.195. The zero-order chi connectivity index (χ0) is 17.9. The summed E-state index contributed by atoms with van der Waals surface area (Å²) in [6.07, 6.45) is 0. The second-order valence-electron chi connectivity index (χ2n) is 4.22. The molecular weight excluding hydrogens is 499 g/mol. The van der Waals surface area contributed by atoms with Crippen molar-refractivity contribution in [1.29, 1.82) is 0 Å². The molecule has 6 nitrogen and oxygen atoms in total. The van der Waals surface area contributed by atoms with Crippen LogP contribution in [0.3, 0.4) is 0 Å². The van der Waals surface area contributed by atoms with Crippen molar-refractivity contribution in [2.45, 2.75) is 13.8 Å². The maximum atomic E-state index is 6.96. The van der Waals surface area contributed by atoms with Crippen LogP contribution in [0.1, 0.15) is 23.6 Å². The Morgan fingerprint density at radius 2 is 1.16 bits per heavy atom. The van der Waals surface area contributed by atoms with Crippen LogP contribution in [-0.2, 0) is 25.3 Å². The molecule has 0 spiro atoms. The van der Waals surface area contributed by atoms with E-state index in [4.69, 9.17) is 11.5 Å². The molecule has 0 bridgehead atoms. The Hall–Kier alpha value is -0.821. The monoisotopic (exact) mass is 518 g/mol. The minimum absolute atomic E-state index is 0. The summed E-state index contributed by atoms with van der Waals surface area (Å²) in [4.78, 5) is 2.15. The van der Waals surface area contributed by atoms with Gasteiger partial charge in [-0.3, -0.25) is 10.2 Å². The van der Waals surface area contributed by atoms with Crippen LogP contribution < -0.4 is 0 Å². The van der Waals surface area contributed by atoms with Crippen LogP contribution in [0.2, 0.25) is 0 Å². The van der Waals surface area contributed by atoms with Gasteiger partial charge in [0.05, 0.1) is 11.4 Å². The van der Waals surface area contributed by atoms with Gasteiger partial charge in [0, 0.05) is 33.7 Å². The van der Waals surface area contributed by atoms with Crippen molar-refractivity contribution in [3.63, 3.8) is 0 Å². The van der Waals surface area contributed by atoms with Gasteiger partial charge in [-0.15, -0.1) is 22.7 Å². The summed E-state index contributed by atoms with van der Waals surface area (Å²) in [5.41, 5.74) is 15.6. The third kappa shape index (κ3) is 10.7. The van der Waals surface area contributed by atoms with Gasteiger partial charge < -0.3 is 21.7 Å². The van der Waals surface area contributed by atoms with Gasteiger partial charge in [-0.1, -0.05) is 12.1 Å².